The molecule has 0 radical (unpaired) electrons. The Hall–Kier alpha value is -2.75. The topological polar surface area (TPSA) is 54.9 Å². The third kappa shape index (κ3) is 2.44. The molecule has 0 spiro atoms. The zero-order chi connectivity index (χ0) is 15.7. The number of hydrogen-bond donors (Lipinski definition) is 1. The van der Waals surface area contributed by atoms with Crippen molar-refractivity contribution in [2.24, 2.45) is 0 Å². The summed E-state index contributed by atoms with van der Waals surface area (Å²) in [6.45, 7) is 4.21. The second kappa shape index (κ2) is 5.56. The van der Waals surface area contributed by atoms with Gasteiger partial charge in [-0.3, -0.25) is 14.8 Å². The SMILES string of the molecule is CNC(=O)c1ccc(-c2cc3ccc(C)c(C)c3cn2)cn1. The minimum atomic E-state index is -0.191. The molecule has 110 valence electrons. The number of carbonyl (C=O) groups is 1. The van der Waals surface area contributed by atoms with Crippen LogP contribution in [0.5, 0.6) is 0 Å². The van der Waals surface area contributed by atoms with Crippen LogP contribution < -0.4 is 5.32 Å². The zero-order valence-electron chi connectivity index (χ0n) is 12.8. The normalized spacial score (nSPS) is 10.7. The van der Waals surface area contributed by atoms with Crippen molar-refractivity contribution >= 4 is 16.7 Å². The molecule has 0 atom stereocenters. The summed E-state index contributed by atoms with van der Waals surface area (Å²) in [5.41, 5.74) is 4.67. The summed E-state index contributed by atoms with van der Waals surface area (Å²) in [4.78, 5) is 20.2. The largest absolute Gasteiger partial charge is 0.354 e. The standard InChI is InChI=1S/C18H17N3O/c1-11-4-5-13-8-17(21-10-15(13)12(11)2)14-6-7-16(20-9-14)18(22)19-3/h4-10H,1-3H3,(H,19,22). The summed E-state index contributed by atoms with van der Waals surface area (Å²) >= 11 is 0. The van der Waals surface area contributed by atoms with Gasteiger partial charge in [-0.2, -0.15) is 0 Å². The zero-order valence-corrected chi connectivity index (χ0v) is 12.8. The molecule has 4 heteroatoms. The number of nitrogens with one attached hydrogen (secondary N) is 1. The van der Waals surface area contributed by atoms with Crippen LogP contribution in [-0.4, -0.2) is 22.9 Å². The lowest BCUT2D eigenvalue weighted by Crippen LogP contribution is -2.18. The molecule has 1 N–H and O–H groups in total. The van der Waals surface area contributed by atoms with E-state index in [0.29, 0.717) is 5.69 Å². The third-order valence-corrected chi connectivity index (χ3v) is 3.96. The van der Waals surface area contributed by atoms with Crippen molar-refractivity contribution in [2.45, 2.75) is 13.8 Å². The van der Waals surface area contributed by atoms with Gasteiger partial charge in [0.05, 0.1) is 5.69 Å². The molecule has 1 amide bonds. The first kappa shape index (κ1) is 14.2. The molecule has 0 aliphatic heterocycles. The van der Waals surface area contributed by atoms with Gasteiger partial charge in [0, 0.05) is 30.4 Å². The van der Waals surface area contributed by atoms with Crippen molar-refractivity contribution in [3.8, 4) is 11.3 Å². The monoisotopic (exact) mass is 291 g/mol. The summed E-state index contributed by atoms with van der Waals surface area (Å²) in [6.07, 6.45) is 3.58. The third-order valence-electron chi connectivity index (χ3n) is 3.96. The van der Waals surface area contributed by atoms with E-state index in [1.165, 1.54) is 16.5 Å². The maximum atomic E-state index is 11.5. The summed E-state index contributed by atoms with van der Waals surface area (Å²) in [5.74, 6) is -0.191. The second-order valence-corrected chi connectivity index (χ2v) is 5.31. The molecule has 0 saturated carbocycles. The minimum Gasteiger partial charge on any atom is -0.354 e. The molecule has 3 rings (SSSR count). The van der Waals surface area contributed by atoms with E-state index in [-0.39, 0.29) is 5.91 Å². The van der Waals surface area contributed by atoms with Crippen LogP contribution in [-0.2, 0) is 0 Å². The van der Waals surface area contributed by atoms with E-state index in [2.05, 4.69) is 47.3 Å². The van der Waals surface area contributed by atoms with Crippen molar-refractivity contribution in [2.75, 3.05) is 7.05 Å². The number of nitrogens with zero attached hydrogens (tertiary/aromatic N) is 2. The highest BCUT2D eigenvalue weighted by atomic mass is 16.1. The Labute approximate surface area is 129 Å². The number of pyridine rings is 2. The highest BCUT2D eigenvalue weighted by molar-refractivity contribution is 5.92. The van der Waals surface area contributed by atoms with Crippen molar-refractivity contribution in [3.63, 3.8) is 0 Å². The van der Waals surface area contributed by atoms with Gasteiger partial charge < -0.3 is 5.32 Å². The molecule has 0 fully saturated rings. The van der Waals surface area contributed by atoms with E-state index in [1.807, 2.05) is 12.3 Å². The molecule has 0 bridgehead atoms. The highest BCUT2D eigenvalue weighted by Crippen LogP contribution is 2.25. The molecule has 2 aromatic heterocycles. The fourth-order valence-electron chi connectivity index (χ4n) is 2.44. The summed E-state index contributed by atoms with van der Waals surface area (Å²) in [5, 5.41) is 4.88. The number of benzene rings is 1. The van der Waals surface area contributed by atoms with Gasteiger partial charge in [-0.15, -0.1) is 0 Å². The van der Waals surface area contributed by atoms with E-state index < -0.39 is 0 Å². The second-order valence-electron chi connectivity index (χ2n) is 5.31. The first-order valence-corrected chi connectivity index (χ1v) is 7.14. The van der Waals surface area contributed by atoms with Gasteiger partial charge in [-0.1, -0.05) is 12.1 Å². The van der Waals surface area contributed by atoms with Gasteiger partial charge >= 0.3 is 0 Å². The summed E-state index contributed by atoms with van der Waals surface area (Å²) in [7, 11) is 1.59. The molecular weight excluding hydrogens is 274 g/mol. The first-order valence-electron chi connectivity index (χ1n) is 7.14. The fourth-order valence-corrected chi connectivity index (χ4v) is 2.44. The fraction of sp³-hybridized carbons (Fsp3) is 0.167. The van der Waals surface area contributed by atoms with Crippen molar-refractivity contribution < 1.29 is 4.79 Å². The average molecular weight is 291 g/mol. The van der Waals surface area contributed by atoms with Gasteiger partial charge in [0.15, 0.2) is 0 Å². The first-order chi connectivity index (χ1) is 10.6. The van der Waals surface area contributed by atoms with Crippen molar-refractivity contribution in [3.05, 3.63) is 59.5 Å². The molecule has 0 unspecified atom stereocenters. The average Bonchev–Trinajstić information content (AvgIpc) is 2.57. The van der Waals surface area contributed by atoms with E-state index >= 15 is 0 Å². The number of aryl methyl sites for hydroxylation is 2. The van der Waals surface area contributed by atoms with Gasteiger partial charge in [0.25, 0.3) is 5.91 Å². The predicted octanol–water partition coefficient (Wildman–Crippen LogP) is 3.27. The molecule has 3 aromatic rings. The van der Waals surface area contributed by atoms with Crippen LogP contribution in [0.4, 0.5) is 0 Å². The van der Waals surface area contributed by atoms with Crippen LogP contribution in [0, 0.1) is 13.8 Å². The quantitative estimate of drug-likeness (QED) is 0.788. The van der Waals surface area contributed by atoms with Crippen LogP contribution >= 0.6 is 0 Å². The maximum Gasteiger partial charge on any atom is 0.269 e. The Bertz CT molecular complexity index is 854. The number of carbonyl (C=O) groups excluding carboxylic acids is 1. The van der Waals surface area contributed by atoms with E-state index in [9.17, 15) is 4.79 Å². The number of amides is 1. The Kier molecular flexibility index (Phi) is 3.59. The van der Waals surface area contributed by atoms with Crippen LogP contribution in [0.25, 0.3) is 22.0 Å². The Morgan fingerprint density at radius 2 is 1.86 bits per heavy atom. The highest BCUT2D eigenvalue weighted by Gasteiger charge is 2.07. The molecule has 2 heterocycles. The van der Waals surface area contributed by atoms with E-state index in [4.69, 9.17) is 0 Å². The van der Waals surface area contributed by atoms with Crippen LogP contribution in [0.15, 0.2) is 42.7 Å². The minimum absolute atomic E-state index is 0.191. The Morgan fingerprint density at radius 3 is 2.55 bits per heavy atom. The van der Waals surface area contributed by atoms with Crippen molar-refractivity contribution in [1.82, 2.24) is 15.3 Å². The smallest absolute Gasteiger partial charge is 0.269 e. The van der Waals surface area contributed by atoms with Gasteiger partial charge in [0.1, 0.15) is 5.69 Å². The molecule has 1 aromatic carbocycles. The summed E-state index contributed by atoms with van der Waals surface area (Å²) < 4.78 is 0. The van der Waals surface area contributed by atoms with E-state index in [1.54, 1.807) is 19.3 Å². The van der Waals surface area contributed by atoms with Crippen LogP contribution in [0.3, 0.4) is 0 Å². The van der Waals surface area contributed by atoms with E-state index in [0.717, 1.165) is 16.6 Å². The van der Waals surface area contributed by atoms with Crippen LogP contribution in [0.2, 0.25) is 0 Å². The molecule has 0 saturated heterocycles. The van der Waals surface area contributed by atoms with Gasteiger partial charge in [0.2, 0.25) is 0 Å². The molecule has 4 nitrogen and oxygen atoms in total. The molecule has 0 aliphatic carbocycles. The molecular formula is C18H17N3O. The van der Waals surface area contributed by atoms with Crippen LogP contribution in [0.1, 0.15) is 21.6 Å². The molecule has 22 heavy (non-hydrogen) atoms. The lowest BCUT2D eigenvalue weighted by molar-refractivity contribution is 0.0958. The molecule has 0 aliphatic rings. The summed E-state index contributed by atoms with van der Waals surface area (Å²) in [6, 6.07) is 9.86. The lowest BCUT2D eigenvalue weighted by atomic mass is 10.0. The number of rotatable bonds is 2. The number of hydrogen-bond acceptors (Lipinski definition) is 3. The number of aromatic nitrogens is 2. The number of fused-ring (bicyclic) bond motifs is 1. The van der Waals surface area contributed by atoms with Gasteiger partial charge in [-0.05, 0) is 48.6 Å². The lowest BCUT2D eigenvalue weighted by Gasteiger charge is -2.08. The Balaban J connectivity index is 2.03. The van der Waals surface area contributed by atoms with Gasteiger partial charge in [-0.25, -0.2) is 0 Å². The predicted molar refractivity (Wildman–Crippen MR) is 87.8 cm³/mol. The Morgan fingerprint density at radius 1 is 1.05 bits per heavy atom. The maximum absolute atomic E-state index is 11.5. The van der Waals surface area contributed by atoms with Crippen molar-refractivity contribution in [1.29, 1.82) is 0 Å².